The molecule has 238 valence electrons. The zero-order valence-corrected chi connectivity index (χ0v) is 28.1. The highest BCUT2D eigenvalue weighted by atomic mass is 15.1. The van der Waals surface area contributed by atoms with E-state index in [1.54, 1.807) is 0 Å². The summed E-state index contributed by atoms with van der Waals surface area (Å²) < 4.78 is 4.54. The molecule has 0 fully saturated rings. The average Bonchev–Trinajstić information content (AvgIpc) is 3.79. The van der Waals surface area contributed by atoms with E-state index in [4.69, 9.17) is 0 Å². The van der Waals surface area contributed by atoms with Gasteiger partial charge in [0.15, 0.2) is 0 Å². The van der Waals surface area contributed by atoms with Gasteiger partial charge >= 0.3 is 0 Å². The van der Waals surface area contributed by atoms with Gasteiger partial charge < -0.3 is 14.0 Å². The highest BCUT2D eigenvalue weighted by Gasteiger charge is 2.21. The summed E-state index contributed by atoms with van der Waals surface area (Å²) in [5.74, 6) is 0.445. The highest BCUT2D eigenvalue weighted by molar-refractivity contribution is 6.26. The molecule has 2 heterocycles. The number of anilines is 3. The van der Waals surface area contributed by atoms with E-state index in [1.165, 1.54) is 65.4 Å². The maximum Gasteiger partial charge on any atom is 0.0540 e. The molecular formula is C47H35N3. The van der Waals surface area contributed by atoms with Gasteiger partial charge in [-0.3, -0.25) is 0 Å². The van der Waals surface area contributed by atoms with Crippen LogP contribution in [0.3, 0.4) is 0 Å². The molecule has 50 heavy (non-hydrogen) atoms. The molecule has 0 aliphatic carbocycles. The minimum Gasteiger partial charge on any atom is -0.317 e. The van der Waals surface area contributed by atoms with Gasteiger partial charge in [-0.2, -0.15) is 0 Å². The molecule has 0 aliphatic heterocycles. The van der Waals surface area contributed by atoms with Crippen molar-refractivity contribution in [3.8, 4) is 11.4 Å². The van der Waals surface area contributed by atoms with Gasteiger partial charge in [0.1, 0.15) is 0 Å². The molecular weight excluding hydrogens is 607 g/mol. The van der Waals surface area contributed by atoms with E-state index in [0.29, 0.717) is 5.92 Å². The van der Waals surface area contributed by atoms with Gasteiger partial charge in [-0.05, 0) is 117 Å². The van der Waals surface area contributed by atoms with Crippen molar-refractivity contribution in [2.45, 2.75) is 19.8 Å². The van der Waals surface area contributed by atoms with Gasteiger partial charge in [0, 0.05) is 51.3 Å². The van der Waals surface area contributed by atoms with E-state index < -0.39 is 0 Å². The maximum absolute atomic E-state index is 2.45. The fourth-order valence-corrected chi connectivity index (χ4v) is 8.10. The number of hydrogen-bond donors (Lipinski definition) is 0. The molecule has 0 unspecified atom stereocenters. The number of fused-ring (bicyclic) bond motifs is 2. The van der Waals surface area contributed by atoms with Gasteiger partial charge in [-0.1, -0.05) is 92.7 Å². The zero-order chi connectivity index (χ0) is 33.3. The summed E-state index contributed by atoms with van der Waals surface area (Å²) in [5, 5.41) is 10.3. The molecule has 0 amide bonds. The first-order valence-corrected chi connectivity index (χ1v) is 17.5. The Balaban J connectivity index is 1.21. The van der Waals surface area contributed by atoms with Gasteiger partial charge in [0.05, 0.1) is 16.7 Å². The van der Waals surface area contributed by atoms with Crippen molar-refractivity contribution in [1.29, 1.82) is 0 Å². The van der Waals surface area contributed by atoms with Crippen LogP contribution in [0.5, 0.6) is 0 Å². The first-order chi connectivity index (χ1) is 24.6. The van der Waals surface area contributed by atoms with Crippen LogP contribution in [0.25, 0.3) is 65.5 Å². The Morgan fingerprint density at radius 2 is 0.940 bits per heavy atom. The fraction of sp³-hybridized carbons (Fsp3) is 0.0638. The van der Waals surface area contributed by atoms with Gasteiger partial charge in [0.2, 0.25) is 0 Å². The quantitative estimate of drug-likeness (QED) is 0.165. The molecule has 3 heteroatoms. The van der Waals surface area contributed by atoms with Crippen molar-refractivity contribution in [1.82, 2.24) is 9.13 Å². The number of aromatic nitrogens is 2. The Morgan fingerprint density at radius 3 is 1.50 bits per heavy atom. The van der Waals surface area contributed by atoms with E-state index in [1.807, 2.05) is 0 Å². The van der Waals surface area contributed by atoms with Crippen molar-refractivity contribution in [3.05, 3.63) is 176 Å². The van der Waals surface area contributed by atoms with Crippen molar-refractivity contribution in [2.24, 2.45) is 0 Å². The van der Waals surface area contributed by atoms with Gasteiger partial charge in [0.25, 0.3) is 0 Å². The molecule has 10 aromatic rings. The van der Waals surface area contributed by atoms with Crippen LogP contribution in [0.15, 0.2) is 170 Å². The maximum atomic E-state index is 2.45. The number of rotatable bonds is 6. The van der Waals surface area contributed by atoms with Crippen LogP contribution < -0.4 is 4.90 Å². The van der Waals surface area contributed by atoms with Crippen LogP contribution in [0, 0.1) is 0 Å². The number of para-hydroxylation sites is 2. The highest BCUT2D eigenvalue weighted by Crippen LogP contribution is 2.46. The Kier molecular flexibility index (Phi) is 6.37. The molecule has 0 N–H and O–H groups in total. The minimum atomic E-state index is 0.445. The summed E-state index contributed by atoms with van der Waals surface area (Å²) in [6, 6.07) is 57.8. The lowest BCUT2D eigenvalue weighted by Gasteiger charge is -2.28. The largest absolute Gasteiger partial charge is 0.317 e. The van der Waals surface area contributed by atoms with E-state index in [9.17, 15) is 0 Å². The third kappa shape index (κ3) is 4.37. The summed E-state index contributed by atoms with van der Waals surface area (Å²) in [4.78, 5) is 2.45. The topological polar surface area (TPSA) is 13.1 Å². The van der Waals surface area contributed by atoms with Crippen LogP contribution in [0.4, 0.5) is 17.1 Å². The summed E-state index contributed by atoms with van der Waals surface area (Å²) in [5.41, 5.74) is 9.52. The predicted molar refractivity (Wildman–Crippen MR) is 213 cm³/mol. The summed E-state index contributed by atoms with van der Waals surface area (Å²) in [6.07, 6.45) is 4.35. The molecule has 0 saturated carbocycles. The van der Waals surface area contributed by atoms with Crippen LogP contribution in [0.1, 0.15) is 25.3 Å². The summed E-state index contributed by atoms with van der Waals surface area (Å²) in [6.45, 7) is 4.59. The summed E-state index contributed by atoms with van der Waals surface area (Å²) >= 11 is 0. The molecule has 0 radical (unpaired) electrons. The van der Waals surface area contributed by atoms with E-state index in [-0.39, 0.29) is 0 Å². The molecule has 10 rings (SSSR count). The second kappa shape index (κ2) is 11.1. The average molecular weight is 642 g/mol. The van der Waals surface area contributed by atoms with E-state index in [2.05, 4.69) is 198 Å². The smallest absolute Gasteiger partial charge is 0.0540 e. The van der Waals surface area contributed by atoms with Crippen molar-refractivity contribution >= 4 is 71.2 Å². The number of hydrogen-bond acceptors (Lipinski definition) is 1. The minimum absolute atomic E-state index is 0.445. The number of benzene rings is 8. The van der Waals surface area contributed by atoms with Crippen LogP contribution >= 0.6 is 0 Å². The third-order valence-electron chi connectivity index (χ3n) is 10.5. The monoisotopic (exact) mass is 641 g/mol. The Labute approximate surface area is 291 Å². The zero-order valence-electron chi connectivity index (χ0n) is 28.1. The summed E-state index contributed by atoms with van der Waals surface area (Å²) in [7, 11) is 0. The molecule has 2 aromatic heterocycles. The lowest BCUT2D eigenvalue weighted by Crippen LogP contribution is -2.11. The number of nitrogens with zero attached hydrogens (tertiary/aromatic N) is 3. The Morgan fingerprint density at radius 1 is 0.440 bits per heavy atom. The third-order valence-corrected chi connectivity index (χ3v) is 10.5. The van der Waals surface area contributed by atoms with Gasteiger partial charge in [-0.25, -0.2) is 0 Å². The van der Waals surface area contributed by atoms with Crippen LogP contribution in [0.2, 0.25) is 0 Å². The van der Waals surface area contributed by atoms with Crippen molar-refractivity contribution < 1.29 is 0 Å². The second-order valence-electron chi connectivity index (χ2n) is 13.7. The first-order valence-electron chi connectivity index (χ1n) is 17.5. The second-order valence-corrected chi connectivity index (χ2v) is 13.7. The Bertz CT molecular complexity index is 2720. The molecule has 0 spiro atoms. The lowest BCUT2D eigenvalue weighted by atomic mass is 9.88. The molecule has 3 nitrogen and oxygen atoms in total. The van der Waals surface area contributed by atoms with Gasteiger partial charge in [-0.15, -0.1) is 0 Å². The van der Waals surface area contributed by atoms with Crippen molar-refractivity contribution in [3.63, 3.8) is 0 Å². The first kappa shape index (κ1) is 28.7. The standard InChI is InChI=1S/C47H35N3/c1-31(2)40-19-13-32-15-21-42-45(22-16-33-14-20-41(40)46(32)47(33)42)50(38-17-23-43-34(29-38)25-27-48(43)36-9-5-3-6-10-36)39-18-24-44-35(30-39)26-28-49(44)37-11-7-4-8-12-37/h3-31H,1-2H3. The normalized spacial score (nSPS) is 12.0. The van der Waals surface area contributed by atoms with Crippen molar-refractivity contribution in [2.75, 3.05) is 4.90 Å². The Hall–Kier alpha value is -6.32. The predicted octanol–water partition coefficient (Wildman–Crippen LogP) is 13.1. The SMILES string of the molecule is CC(C)c1ccc2ccc3c(N(c4ccc5c(ccn5-c5ccccc5)c4)c4ccc5c(ccn5-c5ccccc5)c4)ccc4ccc1c2c43. The van der Waals surface area contributed by atoms with E-state index in [0.717, 1.165) is 22.7 Å². The molecule has 0 atom stereocenters. The molecule has 0 saturated heterocycles. The van der Waals surface area contributed by atoms with E-state index >= 15 is 0 Å². The molecule has 8 aromatic carbocycles. The van der Waals surface area contributed by atoms with Crippen LogP contribution in [-0.2, 0) is 0 Å². The molecule has 0 bridgehead atoms. The lowest BCUT2D eigenvalue weighted by molar-refractivity contribution is 0.877. The fourth-order valence-electron chi connectivity index (χ4n) is 8.10. The molecule has 0 aliphatic rings. The van der Waals surface area contributed by atoms with Crippen LogP contribution in [-0.4, -0.2) is 9.13 Å².